The van der Waals surface area contributed by atoms with Gasteiger partial charge in [0.25, 0.3) is 0 Å². The molecule has 4 aromatic rings. The van der Waals surface area contributed by atoms with E-state index in [1.165, 1.54) is 100 Å². The van der Waals surface area contributed by atoms with Crippen LogP contribution in [0.2, 0.25) is 0 Å². The molecule has 4 rings (SSSR count). The molecule has 0 radical (unpaired) electrons. The number of halogens is 2. The average molecular weight is 889 g/mol. The van der Waals surface area contributed by atoms with Gasteiger partial charge in [0.05, 0.1) is 27.9 Å². The van der Waals surface area contributed by atoms with Gasteiger partial charge in [0.2, 0.25) is 0 Å². The molecule has 0 N–H and O–H groups in total. The molecule has 0 saturated heterocycles. The predicted molar refractivity (Wildman–Crippen MR) is 217 cm³/mol. The number of hydrogen-bond donors (Lipinski definition) is 0. The normalized spacial score (nSPS) is 12.9. The number of carbonyl (C=O) groups is 4. The fraction of sp³-hybridized carbons (Fsp3) is 0.273. The van der Waals surface area contributed by atoms with Gasteiger partial charge in [-0.15, -0.1) is 0 Å². The molecule has 0 saturated carbocycles. The number of carboxylic acid groups (broad SMARTS) is 1. The summed E-state index contributed by atoms with van der Waals surface area (Å²) < 4.78 is 94.8. The van der Waals surface area contributed by atoms with Gasteiger partial charge >= 0.3 is 47.5 Å². The van der Waals surface area contributed by atoms with E-state index in [9.17, 15) is 49.9 Å². The fourth-order valence-corrected chi connectivity index (χ4v) is 7.85. The van der Waals surface area contributed by atoms with Crippen LogP contribution in [0.15, 0.2) is 107 Å². The van der Waals surface area contributed by atoms with Crippen molar-refractivity contribution < 1.29 is 93.7 Å². The van der Waals surface area contributed by atoms with Gasteiger partial charge in [-0.05, 0) is 105 Å². The van der Waals surface area contributed by atoms with Gasteiger partial charge < -0.3 is 24.1 Å². The second-order valence-corrected chi connectivity index (χ2v) is 18.8. The number of esters is 3. The number of carbonyl (C=O) groups excluding carboxylic acids is 4. The molecule has 318 valence electrons. The molecule has 0 aromatic heterocycles. The van der Waals surface area contributed by atoms with Crippen molar-refractivity contribution in [3.63, 3.8) is 0 Å². The Morgan fingerprint density at radius 1 is 0.623 bits per heavy atom. The van der Waals surface area contributed by atoms with Crippen molar-refractivity contribution in [2.75, 3.05) is 19.1 Å². The standard InChI is InChI=1S/C44H44F2O12S2.Na/c1-27(47)57-43(2,3)40(29-18-22-35(23-19-29)60(7,54)55)38(31-12-9-14-33(46)26-31)42(51)56-24-10-15-36(48)58-44(4,5)39(28-16-20-34(21-17-28)59(6,52)53)37(41(49)50)30-11-8-13-32(45)25-30;/h8-9,11-14,16-23,25-26H,10,15,24H2,1-7H3,(H,49,50);/q;+1/p-1/b39-37-,40-38-;. The van der Waals surface area contributed by atoms with E-state index in [1.807, 2.05) is 0 Å². The van der Waals surface area contributed by atoms with Crippen LogP contribution in [0.4, 0.5) is 8.78 Å². The minimum absolute atomic E-state index is 0. The zero-order valence-electron chi connectivity index (χ0n) is 34.8. The first-order chi connectivity index (χ1) is 27.8. The van der Waals surface area contributed by atoms with Gasteiger partial charge in [-0.25, -0.2) is 30.4 Å². The molecule has 4 aromatic carbocycles. The molecule has 0 fully saturated rings. The number of ether oxygens (including phenoxy) is 3. The first-order valence-electron chi connectivity index (χ1n) is 18.2. The van der Waals surface area contributed by atoms with Crippen molar-refractivity contribution in [2.45, 2.75) is 68.5 Å². The molecule has 17 heteroatoms. The minimum Gasteiger partial charge on any atom is -0.545 e. The van der Waals surface area contributed by atoms with Crippen molar-refractivity contribution in [1.29, 1.82) is 0 Å². The van der Waals surface area contributed by atoms with Crippen LogP contribution in [0.5, 0.6) is 0 Å². The fourth-order valence-electron chi connectivity index (χ4n) is 6.59. The van der Waals surface area contributed by atoms with Gasteiger partial charge in [0.1, 0.15) is 22.8 Å². The molecule has 0 bridgehead atoms. The summed E-state index contributed by atoms with van der Waals surface area (Å²) in [5.74, 6) is -5.80. The Bertz CT molecular complexity index is 2600. The third kappa shape index (κ3) is 13.2. The van der Waals surface area contributed by atoms with Gasteiger partial charge in [0, 0.05) is 42.6 Å². The molecular weight excluding hydrogens is 846 g/mol. The number of rotatable bonds is 16. The van der Waals surface area contributed by atoms with Crippen LogP contribution in [0, 0.1) is 11.6 Å². The summed E-state index contributed by atoms with van der Waals surface area (Å²) in [4.78, 5) is 52.3. The molecule has 0 atom stereocenters. The molecule has 0 aliphatic rings. The largest absolute Gasteiger partial charge is 1.00 e. The van der Waals surface area contributed by atoms with Gasteiger partial charge in [-0.2, -0.15) is 0 Å². The molecule has 0 amide bonds. The van der Waals surface area contributed by atoms with Crippen molar-refractivity contribution in [3.05, 3.63) is 131 Å². The van der Waals surface area contributed by atoms with Crippen molar-refractivity contribution in [1.82, 2.24) is 0 Å². The van der Waals surface area contributed by atoms with Crippen molar-refractivity contribution in [3.8, 4) is 0 Å². The minimum atomic E-state index is -3.65. The Morgan fingerprint density at radius 3 is 1.43 bits per heavy atom. The predicted octanol–water partition coefficient (Wildman–Crippen LogP) is 3.03. The summed E-state index contributed by atoms with van der Waals surface area (Å²) in [5, 5.41) is 12.7. The number of aliphatic carboxylic acids is 1. The molecule has 0 spiro atoms. The zero-order chi connectivity index (χ0) is 44.8. The van der Waals surface area contributed by atoms with Crippen LogP contribution < -0.4 is 34.7 Å². The summed E-state index contributed by atoms with van der Waals surface area (Å²) in [6, 6.07) is 20.2. The van der Waals surface area contributed by atoms with E-state index in [4.69, 9.17) is 14.2 Å². The average Bonchev–Trinajstić information content (AvgIpc) is 3.12. The van der Waals surface area contributed by atoms with Crippen LogP contribution in [0.1, 0.15) is 69.7 Å². The molecule has 0 heterocycles. The summed E-state index contributed by atoms with van der Waals surface area (Å²) >= 11 is 0. The van der Waals surface area contributed by atoms with Crippen molar-refractivity contribution >= 4 is 65.8 Å². The summed E-state index contributed by atoms with van der Waals surface area (Å²) in [7, 11) is -7.27. The molecule has 0 unspecified atom stereocenters. The van der Waals surface area contributed by atoms with E-state index >= 15 is 0 Å². The summed E-state index contributed by atoms with van der Waals surface area (Å²) in [6.07, 6.45) is 1.49. The monoisotopic (exact) mass is 888 g/mol. The van der Waals surface area contributed by atoms with Crippen LogP contribution >= 0.6 is 0 Å². The molecule has 0 aliphatic carbocycles. The quantitative estimate of drug-likeness (QED) is 0.0401. The van der Waals surface area contributed by atoms with E-state index in [1.54, 1.807) is 0 Å². The van der Waals surface area contributed by atoms with Crippen LogP contribution in [-0.4, -0.2) is 71.0 Å². The Balaban J connectivity index is 0.00000992. The van der Waals surface area contributed by atoms with E-state index in [2.05, 4.69) is 0 Å². The number of sulfone groups is 2. The number of hydrogen-bond acceptors (Lipinski definition) is 12. The second kappa shape index (κ2) is 20.2. The topological polar surface area (TPSA) is 187 Å². The maximum absolute atomic E-state index is 14.7. The first kappa shape index (κ1) is 50.4. The van der Waals surface area contributed by atoms with E-state index in [0.29, 0.717) is 0 Å². The van der Waals surface area contributed by atoms with Gasteiger partial charge in [0.15, 0.2) is 19.7 Å². The maximum Gasteiger partial charge on any atom is 1.00 e. The Labute approximate surface area is 375 Å². The van der Waals surface area contributed by atoms with Crippen LogP contribution in [0.25, 0.3) is 22.3 Å². The SMILES string of the molecule is CC(=O)OC(C)(C)/C(=C(\C(=O)OCCCC(=O)OC(C)(C)/C(=C(\C(=O)[O-])c1cccc(F)c1)c1ccc(S(C)(=O)=O)cc1)c1cccc(F)c1)c1ccc(S(C)(=O)=O)cc1.[Na+]. The third-order valence-corrected chi connectivity index (χ3v) is 11.3. The third-order valence-electron chi connectivity index (χ3n) is 9.01. The van der Waals surface area contributed by atoms with Crippen molar-refractivity contribution in [2.24, 2.45) is 0 Å². The summed E-state index contributed by atoms with van der Waals surface area (Å²) in [5.41, 5.74) is -3.85. The Morgan fingerprint density at radius 2 is 1.03 bits per heavy atom. The van der Waals surface area contributed by atoms with E-state index < -0.39 is 78.6 Å². The molecule has 61 heavy (non-hydrogen) atoms. The smallest absolute Gasteiger partial charge is 0.545 e. The summed E-state index contributed by atoms with van der Waals surface area (Å²) in [6.45, 7) is 6.50. The van der Waals surface area contributed by atoms with Gasteiger partial charge in [-0.1, -0.05) is 48.5 Å². The molecule has 12 nitrogen and oxygen atoms in total. The number of benzene rings is 4. The maximum atomic E-state index is 14.7. The zero-order valence-corrected chi connectivity index (χ0v) is 38.5. The van der Waals surface area contributed by atoms with Crippen LogP contribution in [-0.2, 0) is 53.1 Å². The van der Waals surface area contributed by atoms with E-state index in [-0.39, 0.29) is 91.2 Å². The van der Waals surface area contributed by atoms with Crippen LogP contribution in [0.3, 0.4) is 0 Å². The number of carboxylic acids is 1. The Kier molecular flexibility index (Phi) is 16.7. The molecular formula is C44H43F2NaO12S2. The first-order valence-corrected chi connectivity index (χ1v) is 22.0. The van der Waals surface area contributed by atoms with Gasteiger partial charge in [-0.3, -0.25) is 9.59 Å². The molecule has 0 aliphatic heterocycles. The second-order valence-electron chi connectivity index (χ2n) is 14.7. The van der Waals surface area contributed by atoms with E-state index in [0.717, 1.165) is 43.7 Å². The Hall–Kier alpha value is -5.00.